The number of nitrogens with two attached hydrogens (primary N) is 1. The lowest BCUT2D eigenvalue weighted by molar-refractivity contribution is 0.290. The van der Waals surface area contributed by atoms with Gasteiger partial charge < -0.3 is 11.1 Å². The van der Waals surface area contributed by atoms with Crippen molar-refractivity contribution in [2.45, 2.75) is 57.4 Å². The van der Waals surface area contributed by atoms with Crippen LogP contribution in [0.4, 0.5) is 0 Å². The fourth-order valence-corrected chi connectivity index (χ4v) is 2.78. The minimum Gasteiger partial charge on any atom is -0.329 e. The summed E-state index contributed by atoms with van der Waals surface area (Å²) in [7, 11) is 0. The molecule has 0 aliphatic heterocycles. The zero-order valence-corrected chi connectivity index (χ0v) is 10.8. The van der Waals surface area contributed by atoms with Gasteiger partial charge in [0.1, 0.15) is 0 Å². The third-order valence-electron chi connectivity index (χ3n) is 4.12. The van der Waals surface area contributed by atoms with Crippen molar-refractivity contribution in [3.05, 3.63) is 12.7 Å². The molecule has 2 unspecified atom stereocenters. The number of hydrogen-bond acceptors (Lipinski definition) is 2. The van der Waals surface area contributed by atoms with Gasteiger partial charge in [-0.05, 0) is 38.1 Å². The lowest BCUT2D eigenvalue weighted by atomic mass is 9.89. The van der Waals surface area contributed by atoms with Gasteiger partial charge in [-0.2, -0.15) is 0 Å². The Labute approximate surface area is 101 Å². The average Bonchev–Trinajstić information content (AvgIpc) is 2.52. The molecule has 1 aliphatic carbocycles. The molecule has 16 heavy (non-hydrogen) atoms. The Morgan fingerprint density at radius 1 is 1.44 bits per heavy atom. The smallest absolute Gasteiger partial charge is 0.0304 e. The highest BCUT2D eigenvalue weighted by Crippen LogP contribution is 2.31. The summed E-state index contributed by atoms with van der Waals surface area (Å²) in [5, 5.41) is 3.67. The van der Waals surface area contributed by atoms with E-state index in [1.54, 1.807) is 0 Å². The maximum absolute atomic E-state index is 5.99. The lowest BCUT2D eigenvalue weighted by Crippen LogP contribution is -2.51. The van der Waals surface area contributed by atoms with Gasteiger partial charge in [-0.3, -0.25) is 0 Å². The van der Waals surface area contributed by atoms with Crippen LogP contribution in [0.15, 0.2) is 12.7 Å². The molecular formula is C14H28N2. The Kier molecular flexibility index (Phi) is 6.07. The monoisotopic (exact) mass is 224 g/mol. The van der Waals surface area contributed by atoms with E-state index in [0.29, 0.717) is 0 Å². The molecule has 3 N–H and O–H groups in total. The summed E-state index contributed by atoms with van der Waals surface area (Å²) in [6, 6.07) is 0. The van der Waals surface area contributed by atoms with Gasteiger partial charge in [-0.25, -0.2) is 0 Å². The zero-order valence-electron chi connectivity index (χ0n) is 10.8. The Bertz CT molecular complexity index is 203. The second-order valence-corrected chi connectivity index (χ2v) is 5.19. The van der Waals surface area contributed by atoms with Crippen LogP contribution < -0.4 is 11.1 Å². The van der Waals surface area contributed by atoms with Gasteiger partial charge in [0.15, 0.2) is 0 Å². The van der Waals surface area contributed by atoms with Crippen molar-refractivity contribution in [3.8, 4) is 0 Å². The highest BCUT2D eigenvalue weighted by molar-refractivity contribution is 4.92. The van der Waals surface area contributed by atoms with E-state index in [0.717, 1.165) is 25.4 Å². The molecule has 0 amide bonds. The number of rotatable bonds is 6. The van der Waals surface area contributed by atoms with E-state index < -0.39 is 0 Å². The highest BCUT2D eigenvalue weighted by atomic mass is 15.0. The van der Waals surface area contributed by atoms with Crippen LogP contribution in [0.25, 0.3) is 0 Å². The van der Waals surface area contributed by atoms with Gasteiger partial charge in [-0.1, -0.05) is 32.3 Å². The first-order valence-corrected chi connectivity index (χ1v) is 6.82. The van der Waals surface area contributed by atoms with Crippen molar-refractivity contribution in [3.63, 3.8) is 0 Å². The topological polar surface area (TPSA) is 38.0 Å². The molecule has 0 aromatic rings. The van der Waals surface area contributed by atoms with Crippen molar-refractivity contribution in [2.24, 2.45) is 11.7 Å². The summed E-state index contributed by atoms with van der Waals surface area (Å²) in [5.41, 5.74) is 6.20. The van der Waals surface area contributed by atoms with Gasteiger partial charge in [0.2, 0.25) is 0 Å². The Hall–Kier alpha value is -0.340. The maximum atomic E-state index is 5.99. The molecule has 0 aromatic heterocycles. The van der Waals surface area contributed by atoms with E-state index in [4.69, 9.17) is 5.73 Å². The first kappa shape index (κ1) is 13.7. The van der Waals surface area contributed by atoms with E-state index in [2.05, 4.69) is 18.8 Å². The van der Waals surface area contributed by atoms with E-state index in [1.807, 2.05) is 6.08 Å². The molecule has 0 aromatic carbocycles. The second kappa shape index (κ2) is 7.08. The highest BCUT2D eigenvalue weighted by Gasteiger charge is 2.30. The van der Waals surface area contributed by atoms with E-state index in [1.165, 1.54) is 38.5 Å². The fourth-order valence-electron chi connectivity index (χ4n) is 2.78. The number of nitrogens with one attached hydrogen (secondary N) is 1. The van der Waals surface area contributed by atoms with Crippen LogP contribution in [-0.4, -0.2) is 18.6 Å². The Morgan fingerprint density at radius 2 is 2.25 bits per heavy atom. The maximum Gasteiger partial charge on any atom is 0.0304 e. The summed E-state index contributed by atoms with van der Waals surface area (Å²) in [6.45, 7) is 7.88. The average molecular weight is 224 g/mol. The molecule has 0 saturated heterocycles. The molecule has 0 radical (unpaired) electrons. The van der Waals surface area contributed by atoms with Crippen LogP contribution in [0, 0.1) is 5.92 Å². The number of hydrogen-bond donors (Lipinski definition) is 2. The summed E-state index contributed by atoms with van der Waals surface area (Å²) in [4.78, 5) is 0. The third-order valence-corrected chi connectivity index (χ3v) is 4.12. The van der Waals surface area contributed by atoms with Crippen LogP contribution in [0.5, 0.6) is 0 Å². The fraction of sp³-hybridized carbons (Fsp3) is 0.857. The first-order chi connectivity index (χ1) is 7.76. The van der Waals surface area contributed by atoms with Crippen LogP contribution in [0.1, 0.15) is 51.9 Å². The molecule has 1 aliphatic rings. The predicted octanol–water partition coefficient (Wildman–Crippen LogP) is 2.84. The molecule has 0 bridgehead atoms. The van der Waals surface area contributed by atoms with E-state index in [-0.39, 0.29) is 5.54 Å². The minimum absolute atomic E-state index is 0.215. The quantitative estimate of drug-likeness (QED) is 0.413. The second-order valence-electron chi connectivity index (χ2n) is 5.19. The van der Waals surface area contributed by atoms with Crippen molar-refractivity contribution in [1.82, 2.24) is 5.32 Å². The standard InChI is InChI=1S/C14H28N2/c1-3-5-11-16-14(12-15)9-6-7-13(4-2)8-10-14/h3,13,16H,1,4-12,15H2,2H3. The van der Waals surface area contributed by atoms with Crippen LogP contribution in [0.3, 0.4) is 0 Å². The normalized spacial score (nSPS) is 31.0. The van der Waals surface area contributed by atoms with Crippen molar-refractivity contribution < 1.29 is 0 Å². The minimum atomic E-state index is 0.215. The molecule has 1 fully saturated rings. The van der Waals surface area contributed by atoms with Crippen molar-refractivity contribution in [2.75, 3.05) is 13.1 Å². The molecule has 1 rings (SSSR count). The van der Waals surface area contributed by atoms with Crippen molar-refractivity contribution in [1.29, 1.82) is 0 Å². The van der Waals surface area contributed by atoms with Crippen LogP contribution in [0.2, 0.25) is 0 Å². The van der Waals surface area contributed by atoms with Gasteiger partial charge in [-0.15, -0.1) is 6.58 Å². The van der Waals surface area contributed by atoms with Gasteiger partial charge in [0.25, 0.3) is 0 Å². The SMILES string of the molecule is C=CCCNC1(CN)CCCC(CC)CC1. The molecule has 2 nitrogen and oxygen atoms in total. The summed E-state index contributed by atoms with van der Waals surface area (Å²) >= 11 is 0. The Morgan fingerprint density at radius 3 is 2.88 bits per heavy atom. The molecule has 0 heterocycles. The molecule has 2 heteroatoms. The molecular weight excluding hydrogens is 196 g/mol. The molecule has 2 atom stereocenters. The van der Waals surface area contributed by atoms with Crippen molar-refractivity contribution >= 4 is 0 Å². The van der Waals surface area contributed by atoms with E-state index in [9.17, 15) is 0 Å². The first-order valence-electron chi connectivity index (χ1n) is 6.82. The van der Waals surface area contributed by atoms with Gasteiger partial charge in [0.05, 0.1) is 0 Å². The van der Waals surface area contributed by atoms with Crippen LogP contribution >= 0.6 is 0 Å². The summed E-state index contributed by atoms with van der Waals surface area (Å²) < 4.78 is 0. The predicted molar refractivity (Wildman–Crippen MR) is 71.5 cm³/mol. The van der Waals surface area contributed by atoms with Gasteiger partial charge >= 0.3 is 0 Å². The molecule has 94 valence electrons. The zero-order chi connectivity index (χ0) is 11.9. The molecule has 0 spiro atoms. The van der Waals surface area contributed by atoms with Gasteiger partial charge in [0, 0.05) is 12.1 Å². The Balaban J connectivity index is 2.47. The summed E-state index contributed by atoms with van der Waals surface area (Å²) in [6.07, 6.45) is 10.9. The van der Waals surface area contributed by atoms with E-state index >= 15 is 0 Å². The third kappa shape index (κ3) is 3.91. The largest absolute Gasteiger partial charge is 0.329 e. The summed E-state index contributed by atoms with van der Waals surface area (Å²) in [5.74, 6) is 0.926. The molecule has 1 saturated carbocycles. The lowest BCUT2D eigenvalue weighted by Gasteiger charge is -2.33. The van der Waals surface area contributed by atoms with Crippen LogP contribution in [-0.2, 0) is 0 Å².